The van der Waals surface area contributed by atoms with Crippen molar-refractivity contribution in [1.29, 1.82) is 0 Å². The van der Waals surface area contributed by atoms with Crippen LogP contribution in [-0.4, -0.2) is 39.3 Å². The van der Waals surface area contributed by atoms with E-state index in [9.17, 15) is 9.90 Å². The molecule has 1 aliphatic heterocycles. The van der Waals surface area contributed by atoms with Crippen molar-refractivity contribution < 1.29 is 9.90 Å². The standard InChI is InChI=1S/C11H15N3O2/c1-13-5-4-8-9(6-13)12-14(7-2-3-7)10(8)11(15)16/h7H,2-6H2,1H3,(H,15,16). The van der Waals surface area contributed by atoms with Crippen LogP contribution in [0.2, 0.25) is 0 Å². The molecule has 1 saturated carbocycles. The summed E-state index contributed by atoms with van der Waals surface area (Å²) >= 11 is 0. The largest absolute Gasteiger partial charge is 0.477 e. The lowest BCUT2D eigenvalue weighted by atomic mass is 10.0. The fraction of sp³-hybridized carbons (Fsp3) is 0.636. The minimum Gasteiger partial charge on any atom is -0.477 e. The highest BCUT2D eigenvalue weighted by molar-refractivity contribution is 5.88. The van der Waals surface area contributed by atoms with Crippen molar-refractivity contribution in [3.05, 3.63) is 17.0 Å². The van der Waals surface area contributed by atoms with E-state index < -0.39 is 5.97 Å². The molecule has 1 aliphatic carbocycles. The van der Waals surface area contributed by atoms with Crippen LogP contribution in [0.25, 0.3) is 0 Å². The first-order valence-corrected chi connectivity index (χ1v) is 5.69. The van der Waals surface area contributed by atoms with Gasteiger partial charge in [-0.05, 0) is 26.3 Å². The van der Waals surface area contributed by atoms with Crippen LogP contribution in [0.4, 0.5) is 0 Å². The normalized spacial score (nSPS) is 20.8. The van der Waals surface area contributed by atoms with Gasteiger partial charge in [0, 0.05) is 18.7 Å². The van der Waals surface area contributed by atoms with Crippen molar-refractivity contribution >= 4 is 5.97 Å². The molecule has 16 heavy (non-hydrogen) atoms. The molecule has 1 aromatic heterocycles. The molecule has 0 bridgehead atoms. The number of rotatable bonds is 2. The number of aromatic nitrogens is 2. The van der Waals surface area contributed by atoms with Crippen LogP contribution in [0.1, 0.15) is 40.6 Å². The Kier molecular flexibility index (Phi) is 2.04. The number of hydrogen-bond donors (Lipinski definition) is 1. The van der Waals surface area contributed by atoms with Gasteiger partial charge >= 0.3 is 5.97 Å². The second kappa shape index (κ2) is 3.31. The lowest BCUT2D eigenvalue weighted by Crippen LogP contribution is -2.26. The van der Waals surface area contributed by atoms with E-state index in [2.05, 4.69) is 10.00 Å². The Bertz CT molecular complexity index is 448. The number of fused-ring (bicyclic) bond motifs is 1. The predicted molar refractivity (Wildman–Crippen MR) is 57.5 cm³/mol. The number of likely N-dealkylation sites (N-methyl/N-ethyl adjacent to an activating group) is 1. The SMILES string of the molecule is CN1CCc2c(nn(C3CC3)c2C(=O)O)C1. The zero-order valence-electron chi connectivity index (χ0n) is 9.31. The minimum atomic E-state index is -0.829. The van der Waals surface area contributed by atoms with Crippen molar-refractivity contribution in [2.45, 2.75) is 31.8 Å². The molecule has 0 atom stereocenters. The van der Waals surface area contributed by atoms with Gasteiger partial charge in [-0.25, -0.2) is 4.79 Å². The number of carboxylic acids is 1. The molecular formula is C11H15N3O2. The maximum atomic E-state index is 11.3. The van der Waals surface area contributed by atoms with Gasteiger partial charge in [-0.1, -0.05) is 0 Å². The Morgan fingerprint density at radius 2 is 2.25 bits per heavy atom. The monoisotopic (exact) mass is 221 g/mol. The average Bonchev–Trinajstić information content (AvgIpc) is 2.99. The summed E-state index contributed by atoms with van der Waals surface area (Å²) in [6.07, 6.45) is 2.94. The molecule has 0 aromatic carbocycles. The van der Waals surface area contributed by atoms with Crippen LogP contribution >= 0.6 is 0 Å². The molecule has 2 aliphatic rings. The van der Waals surface area contributed by atoms with E-state index in [1.807, 2.05) is 7.05 Å². The van der Waals surface area contributed by atoms with Crippen LogP contribution in [-0.2, 0) is 13.0 Å². The van der Waals surface area contributed by atoms with Gasteiger partial charge in [0.05, 0.1) is 11.7 Å². The number of carbonyl (C=O) groups is 1. The Balaban J connectivity index is 2.09. The van der Waals surface area contributed by atoms with Crippen LogP contribution in [0.15, 0.2) is 0 Å². The molecular weight excluding hydrogens is 206 g/mol. The fourth-order valence-electron chi connectivity index (χ4n) is 2.35. The molecule has 0 radical (unpaired) electrons. The summed E-state index contributed by atoms with van der Waals surface area (Å²) in [5, 5.41) is 13.8. The van der Waals surface area contributed by atoms with E-state index in [0.29, 0.717) is 11.7 Å². The summed E-state index contributed by atoms with van der Waals surface area (Å²) in [4.78, 5) is 13.5. The van der Waals surface area contributed by atoms with Crippen molar-refractivity contribution in [3.8, 4) is 0 Å². The van der Waals surface area contributed by atoms with Gasteiger partial charge < -0.3 is 10.0 Å². The summed E-state index contributed by atoms with van der Waals surface area (Å²) in [6, 6.07) is 0.335. The average molecular weight is 221 g/mol. The quantitative estimate of drug-likeness (QED) is 0.806. The Hall–Kier alpha value is -1.36. The van der Waals surface area contributed by atoms with Crippen molar-refractivity contribution in [1.82, 2.24) is 14.7 Å². The Labute approximate surface area is 93.7 Å². The lowest BCUT2D eigenvalue weighted by Gasteiger charge is -2.20. The van der Waals surface area contributed by atoms with E-state index in [-0.39, 0.29) is 0 Å². The lowest BCUT2D eigenvalue weighted by molar-refractivity contribution is 0.0681. The molecule has 1 N–H and O–H groups in total. The molecule has 1 aromatic rings. The number of hydrogen-bond acceptors (Lipinski definition) is 3. The highest BCUT2D eigenvalue weighted by atomic mass is 16.4. The first kappa shape index (κ1) is 9.84. The highest BCUT2D eigenvalue weighted by Crippen LogP contribution is 2.37. The van der Waals surface area contributed by atoms with Crippen molar-refractivity contribution in [2.75, 3.05) is 13.6 Å². The van der Waals surface area contributed by atoms with E-state index in [1.54, 1.807) is 4.68 Å². The first-order valence-electron chi connectivity index (χ1n) is 5.69. The summed E-state index contributed by atoms with van der Waals surface area (Å²) in [5.41, 5.74) is 2.35. The molecule has 0 amide bonds. The van der Waals surface area contributed by atoms with Gasteiger partial charge in [0.1, 0.15) is 5.69 Å². The topological polar surface area (TPSA) is 58.4 Å². The Morgan fingerprint density at radius 1 is 1.50 bits per heavy atom. The van der Waals surface area contributed by atoms with Crippen molar-refractivity contribution in [2.24, 2.45) is 0 Å². The van der Waals surface area contributed by atoms with E-state index >= 15 is 0 Å². The highest BCUT2D eigenvalue weighted by Gasteiger charge is 2.33. The second-order valence-electron chi connectivity index (χ2n) is 4.74. The summed E-state index contributed by atoms with van der Waals surface area (Å²) in [6.45, 7) is 1.69. The molecule has 86 valence electrons. The molecule has 5 nitrogen and oxygen atoms in total. The smallest absolute Gasteiger partial charge is 0.354 e. The molecule has 3 rings (SSSR count). The van der Waals surface area contributed by atoms with Gasteiger partial charge in [-0.3, -0.25) is 4.68 Å². The molecule has 0 saturated heterocycles. The predicted octanol–water partition coefficient (Wildman–Crippen LogP) is 0.904. The van der Waals surface area contributed by atoms with Crippen LogP contribution in [0, 0.1) is 0 Å². The second-order valence-corrected chi connectivity index (χ2v) is 4.74. The minimum absolute atomic E-state index is 0.335. The van der Waals surface area contributed by atoms with Crippen molar-refractivity contribution in [3.63, 3.8) is 0 Å². The first-order chi connectivity index (χ1) is 7.66. The number of nitrogens with zero attached hydrogens (tertiary/aromatic N) is 3. The molecule has 1 fully saturated rings. The van der Waals surface area contributed by atoms with Gasteiger partial charge in [-0.2, -0.15) is 5.10 Å². The van der Waals surface area contributed by atoms with Crippen LogP contribution in [0.5, 0.6) is 0 Å². The zero-order valence-corrected chi connectivity index (χ0v) is 9.31. The fourth-order valence-corrected chi connectivity index (χ4v) is 2.35. The Morgan fingerprint density at radius 3 is 2.88 bits per heavy atom. The zero-order chi connectivity index (χ0) is 11.3. The van der Waals surface area contributed by atoms with Crippen LogP contribution < -0.4 is 0 Å². The summed E-state index contributed by atoms with van der Waals surface area (Å²) < 4.78 is 1.74. The third-order valence-electron chi connectivity index (χ3n) is 3.35. The third kappa shape index (κ3) is 1.43. The molecule has 5 heteroatoms. The van der Waals surface area contributed by atoms with Gasteiger partial charge in [0.25, 0.3) is 0 Å². The van der Waals surface area contributed by atoms with Gasteiger partial charge in [-0.15, -0.1) is 0 Å². The third-order valence-corrected chi connectivity index (χ3v) is 3.35. The number of carboxylic acid groups (broad SMARTS) is 1. The maximum Gasteiger partial charge on any atom is 0.354 e. The molecule has 0 unspecified atom stereocenters. The summed E-state index contributed by atoms with van der Waals surface area (Å²) in [5.74, 6) is -0.829. The molecule has 2 heterocycles. The van der Waals surface area contributed by atoms with E-state index in [0.717, 1.165) is 43.6 Å². The molecule has 0 spiro atoms. The van der Waals surface area contributed by atoms with Gasteiger partial charge in [0.2, 0.25) is 0 Å². The summed E-state index contributed by atoms with van der Waals surface area (Å²) in [7, 11) is 2.04. The maximum absolute atomic E-state index is 11.3. The van der Waals surface area contributed by atoms with E-state index in [1.165, 1.54) is 0 Å². The van der Waals surface area contributed by atoms with Crippen LogP contribution in [0.3, 0.4) is 0 Å². The van der Waals surface area contributed by atoms with E-state index in [4.69, 9.17) is 0 Å². The van der Waals surface area contributed by atoms with Gasteiger partial charge in [0.15, 0.2) is 0 Å². The number of aromatic carboxylic acids is 1.